The van der Waals surface area contributed by atoms with Gasteiger partial charge >= 0.3 is 5.97 Å². The lowest BCUT2D eigenvalue weighted by molar-refractivity contribution is -0.134. The molecule has 0 spiro atoms. The number of aliphatic imine (C=N–C) groups is 1. The molecule has 0 aromatic carbocycles. The van der Waals surface area contributed by atoms with Gasteiger partial charge in [-0.25, -0.2) is 4.79 Å². The molecule has 0 saturated carbocycles. The average Bonchev–Trinajstić information content (AvgIpc) is 2.15. The molecule has 1 heterocycles. The van der Waals surface area contributed by atoms with Gasteiger partial charge in [-0.3, -0.25) is 20.6 Å². The lowest BCUT2D eigenvalue weighted by Gasteiger charge is -2.13. The fourth-order valence-electron chi connectivity index (χ4n) is 0.677. The van der Waals surface area contributed by atoms with Crippen LogP contribution in [0.3, 0.4) is 0 Å². The normalized spacial score (nSPS) is 15.1. The lowest BCUT2D eigenvalue weighted by Crippen LogP contribution is -2.50. The fourth-order valence-corrected chi connectivity index (χ4v) is 0.677. The van der Waals surface area contributed by atoms with E-state index in [-0.39, 0.29) is 24.9 Å². The Morgan fingerprint density at radius 3 is 3.00 bits per heavy atom. The van der Waals surface area contributed by atoms with Crippen LogP contribution in [0.15, 0.2) is 17.6 Å². The molecule has 70 valence electrons. The summed E-state index contributed by atoms with van der Waals surface area (Å²) in [6.07, 6.45) is 1.44. The largest absolute Gasteiger partial charge is 0.456 e. The van der Waals surface area contributed by atoms with Gasteiger partial charge in [0.05, 0.1) is 0 Å². The van der Waals surface area contributed by atoms with Crippen LogP contribution in [0.5, 0.6) is 0 Å². The first-order valence-electron chi connectivity index (χ1n) is 3.61. The third-order valence-corrected chi connectivity index (χ3v) is 1.23. The van der Waals surface area contributed by atoms with Crippen molar-refractivity contribution in [1.29, 1.82) is 0 Å². The number of hydrogen-bond acceptors (Lipinski definition) is 5. The number of hydrogen-bond donors (Lipinski definition) is 2. The zero-order valence-electron chi connectivity index (χ0n) is 6.87. The second-order valence-corrected chi connectivity index (χ2v) is 2.23. The van der Waals surface area contributed by atoms with Gasteiger partial charge in [0.1, 0.15) is 13.2 Å². The van der Waals surface area contributed by atoms with Crippen LogP contribution in [-0.4, -0.2) is 30.9 Å². The second-order valence-electron chi connectivity index (χ2n) is 2.23. The first-order valence-corrected chi connectivity index (χ1v) is 3.61. The number of rotatable bonds is 3. The predicted molar refractivity (Wildman–Crippen MR) is 44.7 cm³/mol. The van der Waals surface area contributed by atoms with E-state index in [1.54, 1.807) is 0 Å². The first-order chi connectivity index (χ1) is 6.24. The minimum Gasteiger partial charge on any atom is -0.456 e. The smallest absolute Gasteiger partial charge is 0.375 e. The highest BCUT2D eigenvalue weighted by atomic mass is 16.5. The van der Waals surface area contributed by atoms with E-state index in [2.05, 4.69) is 27.2 Å². The van der Waals surface area contributed by atoms with Gasteiger partial charge in [-0.1, -0.05) is 12.7 Å². The standard InChI is InChI=1S/C7H9N3O3/c1-2-3-13-7(12)6-8-4-5(11)9-10-6/h2H,1,3-4H2,(H,8,10)(H,9,11). The van der Waals surface area contributed by atoms with Crippen molar-refractivity contribution in [3.8, 4) is 0 Å². The van der Waals surface area contributed by atoms with Gasteiger partial charge in [0, 0.05) is 0 Å². The summed E-state index contributed by atoms with van der Waals surface area (Å²) in [4.78, 5) is 25.3. The van der Waals surface area contributed by atoms with Crippen LogP contribution >= 0.6 is 0 Å². The summed E-state index contributed by atoms with van der Waals surface area (Å²) in [6, 6.07) is 0. The van der Waals surface area contributed by atoms with Gasteiger partial charge in [0.15, 0.2) is 0 Å². The molecule has 0 atom stereocenters. The van der Waals surface area contributed by atoms with Crippen LogP contribution in [0, 0.1) is 0 Å². The van der Waals surface area contributed by atoms with Crippen molar-refractivity contribution in [2.75, 3.05) is 13.2 Å². The summed E-state index contributed by atoms with van der Waals surface area (Å²) in [5, 5.41) is 0. The zero-order valence-corrected chi connectivity index (χ0v) is 6.87. The van der Waals surface area contributed by atoms with Crippen LogP contribution in [0.2, 0.25) is 0 Å². The number of amidine groups is 1. The average molecular weight is 183 g/mol. The van der Waals surface area contributed by atoms with E-state index in [0.717, 1.165) is 0 Å². The van der Waals surface area contributed by atoms with Crippen molar-refractivity contribution in [1.82, 2.24) is 10.9 Å². The fraction of sp³-hybridized carbons (Fsp3) is 0.286. The highest BCUT2D eigenvalue weighted by molar-refractivity contribution is 6.36. The minimum atomic E-state index is -0.611. The number of carbonyl (C=O) groups excluding carboxylic acids is 2. The van der Waals surface area contributed by atoms with Crippen molar-refractivity contribution in [2.45, 2.75) is 0 Å². The van der Waals surface area contributed by atoms with E-state index in [9.17, 15) is 9.59 Å². The Balaban J connectivity index is 2.47. The summed E-state index contributed by atoms with van der Waals surface area (Å²) in [5.74, 6) is -0.901. The van der Waals surface area contributed by atoms with Crippen LogP contribution in [-0.2, 0) is 14.3 Å². The van der Waals surface area contributed by atoms with Crippen LogP contribution < -0.4 is 10.9 Å². The molecule has 1 aliphatic heterocycles. The molecule has 6 heteroatoms. The molecule has 0 radical (unpaired) electrons. The van der Waals surface area contributed by atoms with Crippen LogP contribution in [0.1, 0.15) is 0 Å². The summed E-state index contributed by atoms with van der Waals surface area (Å²) >= 11 is 0. The molecule has 1 amide bonds. The highest BCUT2D eigenvalue weighted by Gasteiger charge is 2.17. The Kier molecular flexibility index (Phi) is 3.02. The SMILES string of the molecule is C=CCOC(=O)C1=NCC(=O)NN1. The monoisotopic (exact) mass is 183 g/mol. The van der Waals surface area contributed by atoms with Crippen LogP contribution in [0.4, 0.5) is 0 Å². The van der Waals surface area contributed by atoms with E-state index in [0.29, 0.717) is 0 Å². The predicted octanol–water partition coefficient (Wildman–Crippen LogP) is -1.25. The van der Waals surface area contributed by atoms with E-state index in [4.69, 9.17) is 0 Å². The number of nitrogens with one attached hydrogen (secondary N) is 2. The molecule has 0 unspecified atom stereocenters. The van der Waals surface area contributed by atoms with Gasteiger partial charge < -0.3 is 4.74 Å². The summed E-state index contributed by atoms with van der Waals surface area (Å²) in [5.41, 5.74) is 4.56. The quantitative estimate of drug-likeness (QED) is 0.423. The van der Waals surface area contributed by atoms with Gasteiger partial charge in [-0.05, 0) is 0 Å². The van der Waals surface area contributed by atoms with Gasteiger partial charge in [0.2, 0.25) is 5.84 Å². The van der Waals surface area contributed by atoms with Gasteiger partial charge in [-0.15, -0.1) is 0 Å². The number of esters is 1. The number of hydrazine groups is 1. The number of amides is 1. The van der Waals surface area contributed by atoms with Crippen molar-refractivity contribution < 1.29 is 14.3 Å². The minimum absolute atomic E-state index is 0.00134. The summed E-state index contributed by atoms with van der Waals surface area (Å²) in [6.45, 7) is 3.44. The number of ether oxygens (including phenoxy) is 1. The molecule has 0 aliphatic carbocycles. The Bertz CT molecular complexity index is 272. The maximum Gasteiger partial charge on any atom is 0.375 e. The molecule has 0 saturated heterocycles. The Hall–Kier alpha value is -1.85. The van der Waals surface area contributed by atoms with Crippen molar-refractivity contribution >= 4 is 17.7 Å². The van der Waals surface area contributed by atoms with Crippen LogP contribution in [0.25, 0.3) is 0 Å². The third-order valence-electron chi connectivity index (χ3n) is 1.23. The molecule has 2 N–H and O–H groups in total. The van der Waals surface area contributed by atoms with E-state index < -0.39 is 5.97 Å². The highest BCUT2D eigenvalue weighted by Crippen LogP contribution is 1.86. The molecular weight excluding hydrogens is 174 g/mol. The van der Waals surface area contributed by atoms with Gasteiger partial charge in [0.25, 0.3) is 5.91 Å². The first kappa shape index (κ1) is 9.24. The summed E-state index contributed by atoms with van der Waals surface area (Å²) in [7, 11) is 0. The van der Waals surface area contributed by atoms with E-state index >= 15 is 0 Å². The maximum atomic E-state index is 11.0. The molecule has 6 nitrogen and oxygen atoms in total. The Morgan fingerprint density at radius 2 is 2.46 bits per heavy atom. The van der Waals surface area contributed by atoms with Crippen molar-refractivity contribution in [2.24, 2.45) is 4.99 Å². The van der Waals surface area contributed by atoms with Crippen molar-refractivity contribution in [3.05, 3.63) is 12.7 Å². The molecule has 0 aromatic heterocycles. The lowest BCUT2D eigenvalue weighted by atomic mass is 10.5. The third kappa shape index (κ3) is 2.58. The topological polar surface area (TPSA) is 79.8 Å². The maximum absolute atomic E-state index is 11.0. The van der Waals surface area contributed by atoms with E-state index in [1.165, 1.54) is 6.08 Å². The molecule has 1 rings (SSSR count). The van der Waals surface area contributed by atoms with E-state index in [1.807, 2.05) is 0 Å². The zero-order chi connectivity index (χ0) is 9.68. The van der Waals surface area contributed by atoms with Gasteiger partial charge in [-0.2, -0.15) is 0 Å². The molecular formula is C7H9N3O3. The molecule has 0 fully saturated rings. The second kappa shape index (κ2) is 4.24. The molecule has 13 heavy (non-hydrogen) atoms. The number of nitrogens with zero attached hydrogens (tertiary/aromatic N) is 1. The molecule has 1 aliphatic rings. The van der Waals surface area contributed by atoms with Crippen molar-refractivity contribution in [3.63, 3.8) is 0 Å². The summed E-state index contributed by atoms with van der Waals surface area (Å²) < 4.78 is 4.66. The molecule has 0 bridgehead atoms. The molecule has 0 aromatic rings. The number of carbonyl (C=O) groups is 2. The Labute approximate surface area is 74.6 Å². The Morgan fingerprint density at radius 1 is 1.69 bits per heavy atom.